The summed E-state index contributed by atoms with van der Waals surface area (Å²) in [5, 5.41) is 9.41. The van der Waals surface area contributed by atoms with Gasteiger partial charge < -0.3 is 0 Å². The number of rotatable bonds is 2. The van der Waals surface area contributed by atoms with Gasteiger partial charge in [0.2, 0.25) is 0 Å². The van der Waals surface area contributed by atoms with Gasteiger partial charge in [0.05, 0.1) is 22.0 Å². The van der Waals surface area contributed by atoms with E-state index < -0.39 is 5.82 Å². The fourth-order valence-electron chi connectivity index (χ4n) is 2.28. The molecular weight excluding hydrogens is 312 g/mol. The molecule has 0 unspecified atom stereocenters. The summed E-state index contributed by atoms with van der Waals surface area (Å²) in [5.41, 5.74) is 1.67. The molecule has 0 bridgehead atoms. The zero-order valence-electron chi connectivity index (χ0n) is 10.6. The average Bonchev–Trinajstić information content (AvgIpc) is 2.86. The smallest absolute Gasteiger partial charge is 0.148 e. The van der Waals surface area contributed by atoms with Gasteiger partial charge in [-0.1, -0.05) is 23.7 Å². The molecular formula is C15H8Cl2FN3. The van der Waals surface area contributed by atoms with E-state index in [1.807, 2.05) is 0 Å². The molecule has 0 aliphatic rings. The first-order valence-corrected chi connectivity index (χ1v) is 6.99. The first-order valence-electron chi connectivity index (χ1n) is 6.08. The summed E-state index contributed by atoms with van der Waals surface area (Å²) in [6, 6.07) is 11.6. The maximum absolute atomic E-state index is 14.2. The number of fused-ring (bicyclic) bond motifs is 1. The highest BCUT2D eigenvalue weighted by Crippen LogP contribution is 2.30. The van der Waals surface area contributed by atoms with Crippen LogP contribution in [-0.4, -0.2) is 9.55 Å². The first-order chi connectivity index (χ1) is 10.2. The molecule has 1 heterocycles. The topological polar surface area (TPSA) is 41.6 Å². The molecule has 1 aromatic heterocycles. The molecule has 0 N–H and O–H groups in total. The van der Waals surface area contributed by atoms with Gasteiger partial charge in [-0.25, -0.2) is 9.37 Å². The second-order valence-corrected chi connectivity index (χ2v) is 5.03. The number of nitriles is 1. The monoisotopic (exact) mass is 319 g/mol. The highest BCUT2D eigenvalue weighted by Gasteiger charge is 2.18. The average molecular weight is 320 g/mol. The maximum Gasteiger partial charge on any atom is 0.148 e. The van der Waals surface area contributed by atoms with Crippen LogP contribution in [0.15, 0.2) is 36.4 Å². The fourth-order valence-corrected chi connectivity index (χ4v) is 2.71. The largest absolute Gasteiger partial charge is 0.291 e. The Bertz CT molecular complexity index is 860. The standard InChI is InChI=1S/C15H8Cl2FN3/c16-7-13-20-14-9(8-19)3-1-6-12(14)21(13)15-10(17)4-2-5-11(15)18/h1-6H,7H2. The summed E-state index contributed by atoms with van der Waals surface area (Å²) in [6.45, 7) is 0. The van der Waals surface area contributed by atoms with Crippen molar-refractivity contribution in [3.8, 4) is 11.8 Å². The van der Waals surface area contributed by atoms with E-state index in [0.29, 0.717) is 22.4 Å². The molecule has 21 heavy (non-hydrogen) atoms. The number of aromatic nitrogens is 2. The van der Waals surface area contributed by atoms with Crippen molar-refractivity contribution in [1.82, 2.24) is 9.55 Å². The minimum Gasteiger partial charge on any atom is -0.291 e. The van der Waals surface area contributed by atoms with Crippen molar-refractivity contribution in [1.29, 1.82) is 5.26 Å². The SMILES string of the molecule is N#Cc1cccc2c1nc(CCl)n2-c1c(F)cccc1Cl. The number of halogens is 3. The van der Waals surface area contributed by atoms with Gasteiger partial charge in [0.25, 0.3) is 0 Å². The molecule has 6 heteroatoms. The minimum atomic E-state index is -0.476. The van der Waals surface area contributed by atoms with Crippen LogP contribution < -0.4 is 0 Å². The molecule has 2 aromatic carbocycles. The third kappa shape index (κ3) is 2.15. The van der Waals surface area contributed by atoms with Crippen LogP contribution in [0.25, 0.3) is 16.7 Å². The molecule has 0 spiro atoms. The van der Waals surface area contributed by atoms with Crippen molar-refractivity contribution < 1.29 is 4.39 Å². The van der Waals surface area contributed by atoms with Crippen LogP contribution in [0.1, 0.15) is 11.4 Å². The number of alkyl halides is 1. The second kappa shape index (κ2) is 5.36. The van der Waals surface area contributed by atoms with Crippen molar-refractivity contribution >= 4 is 34.2 Å². The lowest BCUT2D eigenvalue weighted by molar-refractivity contribution is 0.618. The molecule has 0 fully saturated rings. The van der Waals surface area contributed by atoms with Gasteiger partial charge in [-0.15, -0.1) is 11.6 Å². The number of imidazole rings is 1. The van der Waals surface area contributed by atoms with Crippen LogP contribution in [-0.2, 0) is 5.88 Å². The van der Waals surface area contributed by atoms with E-state index in [1.165, 1.54) is 12.1 Å². The normalized spacial score (nSPS) is 10.8. The molecule has 0 aliphatic carbocycles. The molecule has 0 saturated carbocycles. The Morgan fingerprint density at radius 2 is 2.00 bits per heavy atom. The van der Waals surface area contributed by atoms with Gasteiger partial charge in [-0.3, -0.25) is 4.57 Å². The Morgan fingerprint density at radius 1 is 1.24 bits per heavy atom. The molecule has 0 radical (unpaired) electrons. The highest BCUT2D eigenvalue weighted by molar-refractivity contribution is 6.32. The summed E-state index contributed by atoms with van der Waals surface area (Å²) >= 11 is 12.0. The molecule has 104 valence electrons. The van der Waals surface area contributed by atoms with Crippen LogP contribution in [0.5, 0.6) is 0 Å². The van der Waals surface area contributed by atoms with E-state index in [4.69, 9.17) is 28.5 Å². The van der Waals surface area contributed by atoms with Gasteiger partial charge in [-0.2, -0.15) is 5.26 Å². The number of hydrogen-bond acceptors (Lipinski definition) is 2. The zero-order chi connectivity index (χ0) is 15.0. The lowest BCUT2D eigenvalue weighted by Gasteiger charge is -2.10. The fraction of sp³-hybridized carbons (Fsp3) is 0.0667. The summed E-state index contributed by atoms with van der Waals surface area (Å²) < 4.78 is 15.8. The van der Waals surface area contributed by atoms with Crippen LogP contribution in [0.2, 0.25) is 5.02 Å². The molecule has 0 atom stereocenters. The number of hydrogen-bond donors (Lipinski definition) is 0. The van der Waals surface area contributed by atoms with E-state index in [1.54, 1.807) is 28.8 Å². The lowest BCUT2D eigenvalue weighted by atomic mass is 10.2. The number of para-hydroxylation sites is 2. The first kappa shape index (κ1) is 13.9. The minimum absolute atomic E-state index is 0.0736. The number of benzene rings is 2. The summed E-state index contributed by atoms with van der Waals surface area (Å²) in [5.74, 6) is 0.0291. The van der Waals surface area contributed by atoms with Gasteiger partial charge in [0, 0.05) is 0 Å². The predicted octanol–water partition coefficient (Wildman–Crippen LogP) is 4.43. The molecule has 3 aromatic rings. The maximum atomic E-state index is 14.2. The van der Waals surface area contributed by atoms with Crippen LogP contribution in [0.3, 0.4) is 0 Å². The van der Waals surface area contributed by atoms with E-state index in [9.17, 15) is 4.39 Å². The zero-order valence-corrected chi connectivity index (χ0v) is 12.2. The van der Waals surface area contributed by atoms with Gasteiger partial charge in [-0.05, 0) is 24.3 Å². The van der Waals surface area contributed by atoms with Gasteiger partial charge in [0.15, 0.2) is 0 Å². The summed E-state index contributed by atoms with van der Waals surface area (Å²) in [4.78, 5) is 4.34. The van der Waals surface area contributed by atoms with Crippen molar-refractivity contribution in [2.75, 3.05) is 0 Å². The molecule has 0 saturated heterocycles. The Labute approximate surface area is 130 Å². The van der Waals surface area contributed by atoms with Crippen molar-refractivity contribution in [3.05, 3.63) is 58.6 Å². The Balaban J connectivity index is 2.45. The quantitative estimate of drug-likeness (QED) is 0.656. The summed E-state index contributed by atoms with van der Waals surface area (Å²) in [7, 11) is 0. The lowest BCUT2D eigenvalue weighted by Crippen LogP contribution is -2.03. The Morgan fingerprint density at radius 3 is 2.67 bits per heavy atom. The van der Waals surface area contributed by atoms with Gasteiger partial charge >= 0.3 is 0 Å². The second-order valence-electron chi connectivity index (χ2n) is 4.35. The van der Waals surface area contributed by atoms with Crippen LogP contribution in [0, 0.1) is 17.1 Å². The van der Waals surface area contributed by atoms with Crippen LogP contribution in [0.4, 0.5) is 4.39 Å². The molecule has 0 aliphatic heterocycles. The number of nitrogens with zero attached hydrogens (tertiary/aromatic N) is 3. The van der Waals surface area contributed by atoms with Crippen molar-refractivity contribution in [2.24, 2.45) is 0 Å². The summed E-state index contributed by atoms with van der Waals surface area (Å²) in [6.07, 6.45) is 0. The highest BCUT2D eigenvalue weighted by atomic mass is 35.5. The third-order valence-corrected chi connectivity index (χ3v) is 3.70. The molecule has 0 amide bonds. The molecule has 3 rings (SSSR count). The third-order valence-electron chi connectivity index (χ3n) is 3.16. The predicted molar refractivity (Wildman–Crippen MR) is 80.3 cm³/mol. The van der Waals surface area contributed by atoms with E-state index in [0.717, 1.165) is 0 Å². The van der Waals surface area contributed by atoms with Gasteiger partial charge in [0.1, 0.15) is 28.9 Å². The molecule has 3 nitrogen and oxygen atoms in total. The Hall–Kier alpha value is -2.09. The van der Waals surface area contributed by atoms with Crippen molar-refractivity contribution in [2.45, 2.75) is 5.88 Å². The van der Waals surface area contributed by atoms with Crippen molar-refractivity contribution in [3.63, 3.8) is 0 Å². The Kier molecular flexibility index (Phi) is 3.54. The van der Waals surface area contributed by atoms with E-state index in [-0.39, 0.29) is 16.6 Å². The van der Waals surface area contributed by atoms with Crippen LogP contribution >= 0.6 is 23.2 Å². The van der Waals surface area contributed by atoms with E-state index >= 15 is 0 Å². The van der Waals surface area contributed by atoms with E-state index in [2.05, 4.69) is 11.1 Å².